The van der Waals surface area contributed by atoms with Crippen molar-refractivity contribution in [3.05, 3.63) is 53.0 Å². The number of H-pyrrole nitrogens is 1. The first-order valence-corrected chi connectivity index (χ1v) is 10.7. The van der Waals surface area contributed by atoms with Gasteiger partial charge in [-0.3, -0.25) is 4.99 Å². The van der Waals surface area contributed by atoms with Gasteiger partial charge in [0.2, 0.25) is 0 Å². The van der Waals surface area contributed by atoms with Crippen molar-refractivity contribution in [3.8, 4) is 5.88 Å². The number of nitrogens with zero attached hydrogens (tertiary/aromatic N) is 2. The molecule has 26 heavy (non-hydrogen) atoms. The number of hydrogen-bond acceptors (Lipinski definition) is 6. The number of aliphatic imine (C=N–C) groups is 1. The summed E-state index contributed by atoms with van der Waals surface area (Å²) in [6, 6.07) is 10.8. The van der Waals surface area contributed by atoms with E-state index in [-0.39, 0.29) is 11.6 Å². The summed E-state index contributed by atoms with van der Waals surface area (Å²) in [5, 5.41) is 11.1. The second-order valence-corrected chi connectivity index (χ2v) is 9.07. The monoisotopic (exact) mass is 385 g/mol. The van der Waals surface area contributed by atoms with E-state index in [0.29, 0.717) is 16.8 Å². The molecule has 2 N–H and O–H groups in total. The van der Waals surface area contributed by atoms with Crippen LogP contribution < -0.4 is 0 Å². The molecule has 0 saturated carbocycles. The van der Waals surface area contributed by atoms with Crippen LogP contribution in [0.2, 0.25) is 0 Å². The van der Waals surface area contributed by atoms with Crippen LogP contribution in [0.15, 0.2) is 46.9 Å². The number of aromatic hydroxyl groups is 1. The van der Waals surface area contributed by atoms with Crippen LogP contribution in [0.3, 0.4) is 0 Å². The fourth-order valence-electron chi connectivity index (χ4n) is 2.86. The Hall–Kier alpha value is -2.71. The average molecular weight is 385 g/mol. The lowest BCUT2D eigenvalue weighted by Crippen LogP contribution is -1.99. The van der Waals surface area contributed by atoms with E-state index in [1.807, 2.05) is 12.1 Å². The number of nitrogens with one attached hydrogen (secondary N) is 1. The Balaban J connectivity index is 1.71. The molecule has 0 radical (unpaired) electrons. The third-order valence-electron chi connectivity index (χ3n) is 3.98. The largest absolute Gasteiger partial charge is 0.494 e. The van der Waals surface area contributed by atoms with Crippen molar-refractivity contribution >= 4 is 54.2 Å². The summed E-state index contributed by atoms with van der Waals surface area (Å²) >= 11 is 1.51. The van der Waals surface area contributed by atoms with Crippen LogP contribution in [0, 0.1) is 0 Å². The van der Waals surface area contributed by atoms with Gasteiger partial charge in [-0.15, -0.1) is 11.3 Å². The van der Waals surface area contributed by atoms with Gasteiger partial charge in [0, 0.05) is 17.9 Å². The molecule has 2 aromatic carbocycles. The molecule has 0 aliphatic carbocycles. The number of benzene rings is 2. The predicted octanol–water partition coefficient (Wildman–Crippen LogP) is 3.78. The second kappa shape index (κ2) is 6.22. The van der Waals surface area contributed by atoms with Gasteiger partial charge in [0.15, 0.2) is 15.7 Å². The van der Waals surface area contributed by atoms with Crippen LogP contribution in [0.4, 0.5) is 5.69 Å². The lowest BCUT2D eigenvalue weighted by molar-refractivity contribution is 0.457. The molecule has 0 spiro atoms. The van der Waals surface area contributed by atoms with E-state index >= 15 is 0 Å². The highest BCUT2D eigenvalue weighted by Gasteiger charge is 2.13. The Bertz CT molecular complexity index is 1240. The Morgan fingerprint density at radius 3 is 2.73 bits per heavy atom. The summed E-state index contributed by atoms with van der Waals surface area (Å²) in [5.74, 6) is 0.0576. The van der Waals surface area contributed by atoms with Gasteiger partial charge in [-0.2, -0.15) is 0 Å². The molecule has 0 atom stereocenters. The van der Waals surface area contributed by atoms with Gasteiger partial charge in [-0.1, -0.05) is 12.1 Å². The maximum absolute atomic E-state index is 11.3. The van der Waals surface area contributed by atoms with E-state index in [1.165, 1.54) is 17.6 Å². The van der Waals surface area contributed by atoms with Crippen molar-refractivity contribution in [1.29, 1.82) is 0 Å². The lowest BCUT2D eigenvalue weighted by atomic mass is 10.1. The first kappa shape index (κ1) is 16.7. The van der Waals surface area contributed by atoms with Gasteiger partial charge in [-0.25, -0.2) is 13.4 Å². The predicted molar refractivity (Wildman–Crippen MR) is 105 cm³/mol. The van der Waals surface area contributed by atoms with Gasteiger partial charge in [0.1, 0.15) is 0 Å². The molecule has 8 heteroatoms. The van der Waals surface area contributed by atoms with Crippen molar-refractivity contribution in [3.63, 3.8) is 0 Å². The summed E-state index contributed by atoms with van der Waals surface area (Å²) in [7, 11) is -3.06. The van der Waals surface area contributed by atoms with Crippen molar-refractivity contribution in [2.45, 2.75) is 5.75 Å². The highest BCUT2D eigenvalue weighted by Crippen LogP contribution is 2.34. The summed E-state index contributed by atoms with van der Waals surface area (Å²) < 4.78 is 23.7. The fraction of sp³-hybridized carbons (Fsp3) is 0.111. The van der Waals surface area contributed by atoms with Gasteiger partial charge in [0.25, 0.3) is 0 Å². The number of rotatable bonds is 4. The zero-order chi connectivity index (χ0) is 18.3. The van der Waals surface area contributed by atoms with Gasteiger partial charge in [-0.05, 0) is 29.8 Å². The molecular weight excluding hydrogens is 370 g/mol. The normalized spacial score (nSPS) is 12.5. The first-order valence-electron chi connectivity index (χ1n) is 7.78. The third-order valence-corrected chi connectivity index (χ3v) is 5.70. The van der Waals surface area contributed by atoms with Gasteiger partial charge < -0.3 is 10.1 Å². The molecule has 2 heterocycles. The molecule has 0 amide bonds. The molecule has 132 valence electrons. The maximum Gasteiger partial charge on any atom is 0.198 e. The minimum absolute atomic E-state index is 0.00356. The Morgan fingerprint density at radius 1 is 1.23 bits per heavy atom. The highest BCUT2D eigenvalue weighted by molar-refractivity contribution is 7.89. The molecule has 0 bridgehead atoms. The number of hydrogen-bond donors (Lipinski definition) is 2. The molecule has 0 saturated heterocycles. The molecule has 0 unspecified atom stereocenters. The smallest absolute Gasteiger partial charge is 0.198 e. The fourth-order valence-corrected chi connectivity index (χ4v) is 4.51. The molecule has 4 rings (SSSR count). The summed E-state index contributed by atoms with van der Waals surface area (Å²) in [6.07, 6.45) is 2.82. The minimum Gasteiger partial charge on any atom is -0.494 e. The van der Waals surface area contributed by atoms with Crippen LogP contribution >= 0.6 is 11.3 Å². The Kier molecular flexibility index (Phi) is 4.01. The van der Waals surface area contributed by atoms with E-state index in [4.69, 9.17) is 0 Å². The quantitative estimate of drug-likeness (QED) is 0.523. The van der Waals surface area contributed by atoms with Crippen LogP contribution in [-0.2, 0) is 15.6 Å². The average Bonchev–Trinajstić information content (AvgIpc) is 3.16. The summed E-state index contributed by atoms with van der Waals surface area (Å²) in [4.78, 5) is 11.7. The van der Waals surface area contributed by atoms with Crippen molar-refractivity contribution < 1.29 is 13.5 Å². The molecule has 4 aromatic rings. The van der Waals surface area contributed by atoms with Crippen LogP contribution in [0.5, 0.6) is 5.88 Å². The number of sulfone groups is 1. The Labute approximate surface area is 153 Å². The zero-order valence-corrected chi connectivity index (χ0v) is 15.4. The van der Waals surface area contributed by atoms with Crippen LogP contribution in [-0.4, -0.2) is 36.0 Å². The molecule has 2 aromatic heterocycles. The second-order valence-electron chi connectivity index (χ2n) is 6.07. The molecule has 6 nitrogen and oxygen atoms in total. The molecule has 0 fully saturated rings. The third kappa shape index (κ3) is 3.21. The Morgan fingerprint density at radius 2 is 2.00 bits per heavy atom. The molecule has 0 aliphatic heterocycles. The standard InChI is InChI=1S/C18H15N3O3S2/c1-26(23,24)9-11-2-4-12(5-3-11)19-8-13-16-14(21-18(13)22)6-7-15-17(16)25-10-20-15/h2-8,10,21-22H,9H2,1H3. The van der Waals surface area contributed by atoms with Gasteiger partial charge in [0.05, 0.1) is 38.2 Å². The van der Waals surface area contributed by atoms with E-state index in [2.05, 4.69) is 15.0 Å². The number of thiazole rings is 1. The van der Waals surface area contributed by atoms with Crippen molar-refractivity contribution in [2.75, 3.05) is 6.26 Å². The van der Waals surface area contributed by atoms with E-state index < -0.39 is 9.84 Å². The van der Waals surface area contributed by atoms with Crippen molar-refractivity contribution in [1.82, 2.24) is 9.97 Å². The highest BCUT2D eigenvalue weighted by atomic mass is 32.2. The summed E-state index contributed by atoms with van der Waals surface area (Å²) in [6.45, 7) is 0. The number of aromatic amines is 1. The van der Waals surface area contributed by atoms with E-state index in [0.717, 1.165) is 21.1 Å². The van der Waals surface area contributed by atoms with Crippen LogP contribution in [0.1, 0.15) is 11.1 Å². The summed E-state index contributed by atoms with van der Waals surface area (Å²) in [5.41, 5.74) is 5.47. The van der Waals surface area contributed by atoms with E-state index in [1.54, 1.807) is 36.0 Å². The first-order chi connectivity index (χ1) is 12.4. The molecule has 0 aliphatic rings. The zero-order valence-electron chi connectivity index (χ0n) is 13.8. The maximum atomic E-state index is 11.3. The van der Waals surface area contributed by atoms with Crippen LogP contribution in [0.25, 0.3) is 21.1 Å². The van der Waals surface area contributed by atoms with Gasteiger partial charge >= 0.3 is 0 Å². The minimum atomic E-state index is -3.06. The SMILES string of the molecule is CS(=O)(=O)Cc1ccc(N=Cc2c(O)[nH]c3ccc4ncsc4c23)cc1. The lowest BCUT2D eigenvalue weighted by Gasteiger charge is -2.00. The number of aromatic nitrogens is 2. The van der Waals surface area contributed by atoms with Crippen molar-refractivity contribution in [2.24, 2.45) is 4.99 Å². The van der Waals surface area contributed by atoms with E-state index in [9.17, 15) is 13.5 Å². The molecular formula is C18H15N3O3S2. The number of fused-ring (bicyclic) bond motifs is 3. The topological polar surface area (TPSA) is 95.4 Å².